The molecule has 6 heteroatoms. The lowest BCUT2D eigenvalue weighted by molar-refractivity contribution is -0.142. The van der Waals surface area contributed by atoms with E-state index >= 15 is 0 Å². The van der Waals surface area contributed by atoms with Crippen molar-refractivity contribution in [1.82, 2.24) is 0 Å². The summed E-state index contributed by atoms with van der Waals surface area (Å²) in [7, 11) is 0. The van der Waals surface area contributed by atoms with Crippen molar-refractivity contribution in [3.05, 3.63) is 98.5 Å². The molecule has 3 aromatic rings. The van der Waals surface area contributed by atoms with Crippen molar-refractivity contribution in [2.24, 2.45) is 5.92 Å². The van der Waals surface area contributed by atoms with Gasteiger partial charge < -0.3 is 10.0 Å². The molecule has 35 heavy (non-hydrogen) atoms. The van der Waals surface area contributed by atoms with Crippen LogP contribution in [-0.4, -0.2) is 22.6 Å². The van der Waals surface area contributed by atoms with Crippen LogP contribution in [0.1, 0.15) is 51.0 Å². The summed E-state index contributed by atoms with van der Waals surface area (Å²) >= 11 is 3.43. The van der Waals surface area contributed by atoms with Crippen LogP contribution < -0.4 is 4.90 Å². The summed E-state index contributed by atoms with van der Waals surface area (Å²) in [5.74, 6) is -2.03. The Labute approximate surface area is 212 Å². The number of carbonyl (C=O) groups excluding carboxylic acids is 3. The first-order valence-electron chi connectivity index (χ1n) is 11.7. The van der Waals surface area contributed by atoms with Crippen LogP contribution in [-0.2, 0) is 28.2 Å². The fourth-order valence-electron chi connectivity index (χ4n) is 5.27. The Morgan fingerprint density at radius 1 is 1.09 bits per heavy atom. The van der Waals surface area contributed by atoms with Gasteiger partial charge in [-0.05, 0) is 61.6 Å². The molecule has 0 spiro atoms. The molecule has 0 fully saturated rings. The fraction of sp³-hybridized carbons (Fsp3) is 0.276. The number of amides is 1. The summed E-state index contributed by atoms with van der Waals surface area (Å²) < 4.78 is 0.700. The molecule has 5 rings (SSSR count). The largest absolute Gasteiger partial charge is 0.375 e. The fourth-order valence-corrected chi connectivity index (χ4v) is 5.63. The first-order chi connectivity index (χ1) is 16.7. The molecular formula is C29H26BrNO4. The second-order valence-electron chi connectivity index (χ2n) is 9.60. The van der Waals surface area contributed by atoms with Gasteiger partial charge in [-0.25, -0.2) is 0 Å². The van der Waals surface area contributed by atoms with Crippen LogP contribution >= 0.6 is 15.9 Å². The van der Waals surface area contributed by atoms with Crippen molar-refractivity contribution < 1.29 is 19.5 Å². The standard InChI is InChI=1S/C29H26BrNO4/c1-17-7-8-18(2)20(13-17)16-31-25-12-10-21(30)14-24(25)29(35,28(31)34)15-26(32)23-11-9-19-5-3-4-6-22(19)27(23)33/h3-8,10,12-14,23,35H,9,11,15-16H2,1-2H3. The molecule has 1 N–H and O–H groups in total. The third-order valence-electron chi connectivity index (χ3n) is 7.25. The van der Waals surface area contributed by atoms with E-state index in [9.17, 15) is 19.5 Å². The summed E-state index contributed by atoms with van der Waals surface area (Å²) in [6, 6.07) is 18.7. The zero-order valence-electron chi connectivity index (χ0n) is 19.7. The van der Waals surface area contributed by atoms with Gasteiger partial charge >= 0.3 is 0 Å². The number of aliphatic hydroxyl groups is 1. The maximum Gasteiger partial charge on any atom is 0.264 e. The van der Waals surface area contributed by atoms with Crippen LogP contribution in [0.4, 0.5) is 5.69 Å². The molecule has 5 nitrogen and oxygen atoms in total. The molecule has 0 saturated carbocycles. The Bertz CT molecular complexity index is 1380. The van der Waals surface area contributed by atoms with Crippen LogP contribution in [0.3, 0.4) is 0 Å². The number of rotatable bonds is 5. The predicted molar refractivity (Wildman–Crippen MR) is 137 cm³/mol. The van der Waals surface area contributed by atoms with Gasteiger partial charge in [-0.3, -0.25) is 14.4 Å². The zero-order chi connectivity index (χ0) is 24.9. The van der Waals surface area contributed by atoms with Crippen molar-refractivity contribution in [2.75, 3.05) is 4.90 Å². The van der Waals surface area contributed by atoms with E-state index in [4.69, 9.17) is 0 Å². The molecule has 1 aliphatic carbocycles. The smallest absolute Gasteiger partial charge is 0.264 e. The molecule has 1 amide bonds. The Morgan fingerprint density at radius 3 is 2.66 bits per heavy atom. The Kier molecular flexibility index (Phi) is 5.98. The van der Waals surface area contributed by atoms with Crippen LogP contribution in [0, 0.1) is 19.8 Å². The molecule has 1 aliphatic heterocycles. The number of fused-ring (bicyclic) bond motifs is 2. The quantitative estimate of drug-likeness (QED) is 0.459. The maximum atomic E-state index is 13.7. The van der Waals surface area contributed by atoms with Gasteiger partial charge in [0.1, 0.15) is 5.78 Å². The molecule has 1 heterocycles. The minimum absolute atomic E-state index is 0.229. The van der Waals surface area contributed by atoms with Gasteiger partial charge in [-0.15, -0.1) is 0 Å². The van der Waals surface area contributed by atoms with Crippen LogP contribution in [0.25, 0.3) is 0 Å². The predicted octanol–water partition coefficient (Wildman–Crippen LogP) is 5.20. The monoisotopic (exact) mass is 531 g/mol. The van der Waals surface area contributed by atoms with Crippen molar-refractivity contribution in [3.63, 3.8) is 0 Å². The van der Waals surface area contributed by atoms with E-state index in [2.05, 4.69) is 15.9 Å². The molecule has 0 aromatic heterocycles. The molecule has 2 aliphatic rings. The minimum atomic E-state index is -2.02. The highest BCUT2D eigenvalue weighted by Gasteiger charge is 2.52. The van der Waals surface area contributed by atoms with E-state index in [1.165, 1.54) is 0 Å². The summed E-state index contributed by atoms with van der Waals surface area (Å²) in [6.07, 6.45) is 0.569. The zero-order valence-corrected chi connectivity index (χ0v) is 21.3. The summed E-state index contributed by atoms with van der Waals surface area (Å²) in [4.78, 5) is 41.8. The average molecular weight is 532 g/mol. The lowest BCUT2D eigenvalue weighted by atomic mass is 9.77. The second-order valence-corrected chi connectivity index (χ2v) is 10.5. The van der Waals surface area contributed by atoms with Gasteiger partial charge in [-0.2, -0.15) is 0 Å². The number of Topliss-reactive ketones (excluding diaryl/α,β-unsaturated/α-hetero) is 2. The van der Waals surface area contributed by atoms with Crippen LogP contribution in [0.5, 0.6) is 0 Å². The Hall–Kier alpha value is -3.09. The maximum absolute atomic E-state index is 13.7. The molecule has 0 saturated heterocycles. The highest BCUT2D eigenvalue weighted by atomic mass is 79.9. The molecule has 0 radical (unpaired) electrons. The van der Waals surface area contributed by atoms with Gasteiger partial charge in [0, 0.05) is 22.0 Å². The number of aryl methyl sites for hydroxylation is 3. The third kappa shape index (κ3) is 4.05. The van der Waals surface area contributed by atoms with Crippen molar-refractivity contribution >= 4 is 39.1 Å². The number of hydrogen-bond acceptors (Lipinski definition) is 4. The van der Waals surface area contributed by atoms with E-state index in [1.807, 2.05) is 50.2 Å². The van der Waals surface area contributed by atoms with Crippen molar-refractivity contribution in [3.8, 4) is 0 Å². The summed E-state index contributed by atoms with van der Waals surface area (Å²) in [5.41, 5.74) is 3.53. The molecule has 3 aromatic carbocycles. The first-order valence-corrected chi connectivity index (χ1v) is 12.5. The van der Waals surface area contributed by atoms with E-state index in [1.54, 1.807) is 29.2 Å². The van der Waals surface area contributed by atoms with Gasteiger partial charge in [0.25, 0.3) is 5.91 Å². The highest BCUT2D eigenvalue weighted by molar-refractivity contribution is 9.10. The topological polar surface area (TPSA) is 74.7 Å². The molecule has 178 valence electrons. The minimum Gasteiger partial charge on any atom is -0.375 e. The number of carbonyl (C=O) groups is 3. The second kappa shape index (κ2) is 8.85. The summed E-state index contributed by atoms with van der Waals surface area (Å²) in [5, 5.41) is 11.7. The Morgan fingerprint density at radius 2 is 1.86 bits per heavy atom. The lowest BCUT2D eigenvalue weighted by Gasteiger charge is -2.27. The van der Waals surface area contributed by atoms with Gasteiger partial charge in [0.15, 0.2) is 11.4 Å². The van der Waals surface area contributed by atoms with Gasteiger partial charge in [-0.1, -0.05) is 64.0 Å². The molecule has 2 unspecified atom stereocenters. The van der Waals surface area contributed by atoms with E-state index in [0.717, 1.165) is 22.3 Å². The number of anilines is 1. The Balaban J connectivity index is 1.47. The van der Waals surface area contributed by atoms with E-state index < -0.39 is 29.6 Å². The number of halogens is 1. The van der Waals surface area contributed by atoms with Gasteiger partial charge in [0.2, 0.25) is 0 Å². The molecule has 0 bridgehead atoms. The summed E-state index contributed by atoms with van der Waals surface area (Å²) in [6.45, 7) is 4.27. The van der Waals surface area contributed by atoms with Crippen LogP contribution in [0.2, 0.25) is 0 Å². The molecule has 2 atom stereocenters. The van der Waals surface area contributed by atoms with Crippen LogP contribution in [0.15, 0.2) is 65.1 Å². The van der Waals surface area contributed by atoms with E-state index in [0.29, 0.717) is 34.1 Å². The SMILES string of the molecule is Cc1ccc(C)c(CN2C(=O)C(O)(CC(=O)C3CCc4ccccc4C3=O)c3cc(Br)ccc32)c1. The number of nitrogens with zero attached hydrogens (tertiary/aromatic N) is 1. The molecular weight excluding hydrogens is 506 g/mol. The average Bonchev–Trinajstić information content (AvgIpc) is 3.03. The number of ketones is 2. The van der Waals surface area contributed by atoms with Crippen molar-refractivity contribution in [2.45, 2.75) is 45.3 Å². The van der Waals surface area contributed by atoms with Crippen molar-refractivity contribution in [1.29, 1.82) is 0 Å². The van der Waals surface area contributed by atoms with Gasteiger partial charge in [0.05, 0.1) is 18.2 Å². The normalized spacial score (nSPS) is 21.1. The third-order valence-corrected chi connectivity index (χ3v) is 7.74. The number of benzene rings is 3. The lowest BCUT2D eigenvalue weighted by Crippen LogP contribution is -2.43. The number of hydrogen-bond donors (Lipinski definition) is 1. The van der Waals surface area contributed by atoms with E-state index in [-0.39, 0.29) is 12.3 Å². The highest BCUT2D eigenvalue weighted by Crippen LogP contribution is 2.45. The first kappa shape index (κ1) is 23.6.